The standard InChI is InChI=1S/C25H26FN3O4/c1-29(15-17-4-13-23(33-3)22(26)14-17)16-24(30)27-19-7-5-18(6-8-19)25(31)28-20-9-11-21(32-2)12-10-20/h4-14H,15-16H2,1-3H3,(H,27,30)(H,28,31). The van der Waals surface area contributed by atoms with Crippen molar-refractivity contribution in [1.82, 2.24) is 4.90 Å². The Bertz CT molecular complexity index is 1100. The van der Waals surface area contributed by atoms with E-state index in [1.165, 1.54) is 13.2 Å². The van der Waals surface area contributed by atoms with E-state index in [9.17, 15) is 14.0 Å². The SMILES string of the molecule is COc1ccc(NC(=O)c2ccc(NC(=O)CN(C)Cc3ccc(OC)c(F)c3)cc2)cc1. The number of carbonyl (C=O) groups excluding carboxylic acids is 2. The van der Waals surface area contributed by atoms with Crippen LogP contribution < -0.4 is 20.1 Å². The highest BCUT2D eigenvalue weighted by Gasteiger charge is 2.11. The second kappa shape index (κ2) is 11.1. The van der Waals surface area contributed by atoms with Crippen molar-refractivity contribution in [2.75, 3.05) is 38.4 Å². The molecule has 0 radical (unpaired) electrons. The van der Waals surface area contributed by atoms with Gasteiger partial charge in [-0.25, -0.2) is 4.39 Å². The first-order valence-electron chi connectivity index (χ1n) is 10.2. The van der Waals surface area contributed by atoms with Gasteiger partial charge in [-0.3, -0.25) is 14.5 Å². The van der Waals surface area contributed by atoms with Gasteiger partial charge in [-0.15, -0.1) is 0 Å². The molecule has 8 heteroatoms. The molecule has 172 valence electrons. The van der Waals surface area contributed by atoms with Gasteiger partial charge in [-0.05, 0) is 73.3 Å². The first-order valence-corrected chi connectivity index (χ1v) is 10.2. The average Bonchev–Trinajstić information content (AvgIpc) is 2.80. The number of nitrogens with zero attached hydrogens (tertiary/aromatic N) is 1. The zero-order chi connectivity index (χ0) is 23.8. The number of benzene rings is 3. The van der Waals surface area contributed by atoms with Gasteiger partial charge in [-0.2, -0.15) is 0 Å². The van der Waals surface area contributed by atoms with Crippen molar-refractivity contribution in [2.45, 2.75) is 6.54 Å². The summed E-state index contributed by atoms with van der Waals surface area (Å²) in [5, 5.41) is 5.60. The number of carbonyl (C=O) groups is 2. The van der Waals surface area contributed by atoms with Crippen molar-refractivity contribution >= 4 is 23.2 Å². The van der Waals surface area contributed by atoms with Crippen molar-refractivity contribution in [3.05, 3.63) is 83.7 Å². The summed E-state index contributed by atoms with van der Waals surface area (Å²) in [6.07, 6.45) is 0. The average molecular weight is 451 g/mol. The molecule has 0 atom stereocenters. The fourth-order valence-corrected chi connectivity index (χ4v) is 3.20. The third-order valence-corrected chi connectivity index (χ3v) is 4.86. The van der Waals surface area contributed by atoms with Gasteiger partial charge in [0, 0.05) is 23.5 Å². The molecule has 0 fully saturated rings. The van der Waals surface area contributed by atoms with Crippen LogP contribution in [-0.2, 0) is 11.3 Å². The number of hydrogen-bond acceptors (Lipinski definition) is 5. The minimum atomic E-state index is -0.441. The van der Waals surface area contributed by atoms with E-state index in [4.69, 9.17) is 9.47 Å². The third-order valence-electron chi connectivity index (χ3n) is 4.86. The summed E-state index contributed by atoms with van der Waals surface area (Å²) < 4.78 is 23.9. The van der Waals surface area contributed by atoms with Gasteiger partial charge in [0.1, 0.15) is 5.75 Å². The maximum Gasteiger partial charge on any atom is 0.255 e. The maximum absolute atomic E-state index is 13.8. The molecule has 0 aliphatic carbocycles. The minimum Gasteiger partial charge on any atom is -0.497 e. The molecule has 0 bridgehead atoms. The van der Waals surface area contributed by atoms with E-state index >= 15 is 0 Å². The fraction of sp³-hybridized carbons (Fsp3) is 0.200. The van der Waals surface area contributed by atoms with Crippen molar-refractivity contribution in [3.63, 3.8) is 0 Å². The molecule has 33 heavy (non-hydrogen) atoms. The highest BCUT2D eigenvalue weighted by atomic mass is 19.1. The second-order valence-electron chi connectivity index (χ2n) is 7.45. The van der Waals surface area contributed by atoms with Crippen LogP contribution in [0.3, 0.4) is 0 Å². The summed E-state index contributed by atoms with van der Waals surface area (Å²) in [5.41, 5.74) is 2.42. The number of rotatable bonds is 9. The number of hydrogen-bond donors (Lipinski definition) is 2. The van der Waals surface area contributed by atoms with E-state index in [0.29, 0.717) is 29.2 Å². The Balaban J connectivity index is 1.50. The van der Waals surface area contributed by atoms with Gasteiger partial charge in [0.25, 0.3) is 5.91 Å². The topological polar surface area (TPSA) is 79.9 Å². The molecule has 3 aromatic rings. The van der Waals surface area contributed by atoms with Crippen molar-refractivity contribution in [1.29, 1.82) is 0 Å². The van der Waals surface area contributed by atoms with Crippen molar-refractivity contribution in [3.8, 4) is 11.5 Å². The molecular weight excluding hydrogens is 425 g/mol. The molecule has 0 heterocycles. The minimum absolute atomic E-state index is 0.118. The first kappa shape index (κ1) is 23.7. The number of halogens is 1. The molecule has 0 saturated heterocycles. The molecule has 0 spiro atoms. The lowest BCUT2D eigenvalue weighted by Crippen LogP contribution is -2.29. The van der Waals surface area contributed by atoms with Gasteiger partial charge in [0.15, 0.2) is 11.6 Å². The summed E-state index contributed by atoms with van der Waals surface area (Å²) in [5.74, 6) is -0.0365. The normalized spacial score (nSPS) is 10.6. The Morgan fingerprint density at radius 1 is 0.879 bits per heavy atom. The largest absolute Gasteiger partial charge is 0.497 e. The van der Waals surface area contributed by atoms with Crippen LogP contribution in [0.5, 0.6) is 11.5 Å². The number of nitrogens with one attached hydrogen (secondary N) is 2. The van der Waals surface area contributed by atoms with Gasteiger partial charge in [-0.1, -0.05) is 6.07 Å². The van der Waals surface area contributed by atoms with E-state index in [1.54, 1.807) is 79.7 Å². The van der Waals surface area contributed by atoms with E-state index in [2.05, 4.69) is 10.6 Å². The molecule has 0 aliphatic heterocycles. The highest BCUT2D eigenvalue weighted by Crippen LogP contribution is 2.19. The monoisotopic (exact) mass is 451 g/mol. The third kappa shape index (κ3) is 6.78. The predicted molar refractivity (Wildman–Crippen MR) is 125 cm³/mol. The van der Waals surface area contributed by atoms with Gasteiger partial charge in [0.05, 0.1) is 20.8 Å². The van der Waals surface area contributed by atoms with E-state index in [-0.39, 0.29) is 24.1 Å². The lowest BCUT2D eigenvalue weighted by molar-refractivity contribution is -0.117. The summed E-state index contributed by atoms with van der Waals surface area (Å²) in [6.45, 7) is 0.520. The van der Waals surface area contributed by atoms with Gasteiger partial charge in [0.2, 0.25) is 5.91 Å². The van der Waals surface area contributed by atoms with Crippen LogP contribution in [0.15, 0.2) is 66.7 Å². The van der Waals surface area contributed by atoms with E-state index in [1.807, 2.05) is 0 Å². The Kier molecular flexibility index (Phi) is 7.99. The number of likely N-dealkylation sites (N-methyl/N-ethyl adjacent to an activating group) is 1. The van der Waals surface area contributed by atoms with Crippen LogP contribution in [0.1, 0.15) is 15.9 Å². The molecule has 0 unspecified atom stereocenters. The molecule has 0 aromatic heterocycles. The fourth-order valence-electron chi connectivity index (χ4n) is 3.20. The Hall–Kier alpha value is -3.91. The predicted octanol–water partition coefficient (Wildman–Crippen LogP) is 4.17. The number of methoxy groups -OCH3 is 2. The lowest BCUT2D eigenvalue weighted by Gasteiger charge is -2.17. The molecule has 2 N–H and O–H groups in total. The molecule has 0 saturated carbocycles. The highest BCUT2D eigenvalue weighted by molar-refractivity contribution is 6.04. The smallest absolute Gasteiger partial charge is 0.255 e. The van der Waals surface area contributed by atoms with Crippen LogP contribution in [0, 0.1) is 5.82 Å². The summed E-state index contributed by atoms with van der Waals surface area (Å²) >= 11 is 0. The van der Waals surface area contributed by atoms with Crippen LogP contribution in [-0.4, -0.2) is 44.5 Å². The van der Waals surface area contributed by atoms with E-state index < -0.39 is 5.82 Å². The number of ether oxygens (including phenoxy) is 2. The molecule has 7 nitrogen and oxygen atoms in total. The molecule has 3 aromatic carbocycles. The van der Waals surface area contributed by atoms with Gasteiger partial charge >= 0.3 is 0 Å². The van der Waals surface area contributed by atoms with Crippen LogP contribution in [0.4, 0.5) is 15.8 Å². The Morgan fingerprint density at radius 2 is 1.52 bits per heavy atom. The summed E-state index contributed by atoms with van der Waals surface area (Å²) in [7, 11) is 4.76. The molecule has 3 rings (SSSR count). The summed E-state index contributed by atoms with van der Waals surface area (Å²) in [4.78, 5) is 26.5. The van der Waals surface area contributed by atoms with E-state index in [0.717, 1.165) is 5.56 Å². The number of amides is 2. The Morgan fingerprint density at radius 3 is 2.12 bits per heavy atom. The van der Waals surface area contributed by atoms with Gasteiger partial charge < -0.3 is 20.1 Å². The first-order chi connectivity index (χ1) is 15.9. The zero-order valence-corrected chi connectivity index (χ0v) is 18.7. The quantitative estimate of drug-likeness (QED) is 0.511. The maximum atomic E-state index is 13.8. The lowest BCUT2D eigenvalue weighted by atomic mass is 10.2. The van der Waals surface area contributed by atoms with Crippen LogP contribution in [0.2, 0.25) is 0 Å². The van der Waals surface area contributed by atoms with Crippen LogP contribution in [0.25, 0.3) is 0 Å². The molecular formula is C25H26FN3O4. The van der Waals surface area contributed by atoms with Crippen molar-refractivity contribution in [2.24, 2.45) is 0 Å². The van der Waals surface area contributed by atoms with Crippen LogP contribution >= 0.6 is 0 Å². The molecule has 2 amide bonds. The molecule has 0 aliphatic rings. The zero-order valence-electron chi connectivity index (χ0n) is 18.7. The van der Waals surface area contributed by atoms with Crippen molar-refractivity contribution < 1.29 is 23.5 Å². The summed E-state index contributed by atoms with van der Waals surface area (Å²) in [6, 6.07) is 18.3. The number of anilines is 2. The Labute approximate surface area is 192 Å². The second-order valence-corrected chi connectivity index (χ2v) is 7.45.